The average molecular weight is 238 g/mol. The minimum atomic E-state index is -0.418. The van der Waals surface area contributed by atoms with Gasteiger partial charge in [0.2, 0.25) is 5.82 Å². The van der Waals surface area contributed by atoms with Crippen LogP contribution in [-0.2, 0) is 0 Å². The van der Waals surface area contributed by atoms with E-state index in [1.165, 1.54) is 6.07 Å². The number of rotatable bonds is 6. The van der Waals surface area contributed by atoms with Gasteiger partial charge in [-0.05, 0) is 26.6 Å². The van der Waals surface area contributed by atoms with Crippen molar-refractivity contribution in [2.24, 2.45) is 0 Å². The minimum absolute atomic E-state index is 0.0229. The molecule has 6 nitrogen and oxygen atoms in total. The maximum Gasteiger partial charge on any atom is 0.311 e. The van der Waals surface area contributed by atoms with Gasteiger partial charge in [0.05, 0.1) is 4.92 Å². The summed E-state index contributed by atoms with van der Waals surface area (Å²) in [4.78, 5) is 16.6. The number of pyridine rings is 1. The van der Waals surface area contributed by atoms with Crippen LogP contribution < -0.4 is 5.32 Å². The molecule has 1 N–H and O–H groups in total. The highest BCUT2D eigenvalue weighted by Crippen LogP contribution is 2.21. The van der Waals surface area contributed by atoms with Crippen LogP contribution in [0.5, 0.6) is 0 Å². The van der Waals surface area contributed by atoms with Crippen molar-refractivity contribution in [2.45, 2.75) is 13.8 Å². The van der Waals surface area contributed by atoms with Crippen LogP contribution in [0.3, 0.4) is 0 Å². The van der Waals surface area contributed by atoms with Crippen LogP contribution in [0.15, 0.2) is 12.1 Å². The molecule has 0 aliphatic rings. The zero-order valence-corrected chi connectivity index (χ0v) is 10.4. The Balaban J connectivity index is 2.68. The molecule has 0 aromatic carbocycles. The first kappa shape index (κ1) is 13.4. The SMILES string of the molecule is CCN(C)CCNc1nc(C)ccc1[N+](=O)[O-]. The molecule has 0 bridgehead atoms. The van der Waals surface area contributed by atoms with E-state index in [9.17, 15) is 10.1 Å². The normalized spacial score (nSPS) is 10.6. The second-order valence-electron chi connectivity index (χ2n) is 3.90. The highest BCUT2D eigenvalue weighted by atomic mass is 16.6. The topological polar surface area (TPSA) is 71.3 Å². The van der Waals surface area contributed by atoms with Gasteiger partial charge < -0.3 is 10.2 Å². The van der Waals surface area contributed by atoms with Gasteiger partial charge >= 0.3 is 5.69 Å². The van der Waals surface area contributed by atoms with Crippen LogP contribution in [0.25, 0.3) is 0 Å². The van der Waals surface area contributed by atoms with Gasteiger partial charge in [0.15, 0.2) is 0 Å². The van der Waals surface area contributed by atoms with Crippen molar-refractivity contribution in [1.29, 1.82) is 0 Å². The van der Waals surface area contributed by atoms with Gasteiger partial charge in [-0.3, -0.25) is 10.1 Å². The van der Waals surface area contributed by atoms with E-state index in [0.717, 1.165) is 18.8 Å². The maximum absolute atomic E-state index is 10.8. The van der Waals surface area contributed by atoms with E-state index in [-0.39, 0.29) is 5.69 Å². The van der Waals surface area contributed by atoms with Crippen molar-refractivity contribution in [2.75, 3.05) is 32.0 Å². The molecule has 0 atom stereocenters. The van der Waals surface area contributed by atoms with Crippen LogP contribution in [0.2, 0.25) is 0 Å². The molecule has 0 unspecified atom stereocenters. The molecule has 1 aromatic heterocycles. The maximum atomic E-state index is 10.8. The number of nitrogens with one attached hydrogen (secondary N) is 1. The van der Waals surface area contributed by atoms with Crippen LogP contribution in [0.4, 0.5) is 11.5 Å². The number of hydrogen-bond acceptors (Lipinski definition) is 5. The molecule has 0 saturated carbocycles. The Morgan fingerprint density at radius 3 is 2.82 bits per heavy atom. The molecule has 17 heavy (non-hydrogen) atoms. The third-order valence-electron chi connectivity index (χ3n) is 2.54. The van der Waals surface area contributed by atoms with Crippen LogP contribution in [0.1, 0.15) is 12.6 Å². The smallest absolute Gasteiger partial charge is 0.311 e. The molecule has 0 aliphatic carbocycles. The zero-order chi connectivity index (χ0) is 12.8. The number of aromatic nitrogens is 1. The molecular formula is C11H18N4O2. The van der Waals surface area contributed by atoms with Crippen LogP contribution >= 0.6 is 0 Å². The minimum Gasteiger partial charge on any atom is -0.363 e. The Morgan fingerprint density at radius 1 is 1.53 bits per heavy atom. The van der Waals surface area contributed by atoms with Gasteiger partial charge in [-0.25, -0.2) is 4.98 Å². The van der Waals surface area contributed by atoms with Gasteiger partial charge in [-0.1, -0.05) is 6.92 Å². The Hall–Kier alpha value is -1.69. The lowest BCUT2D eigenvalue weighted by Gasteiger charge is -2.14. The summed E-state index contributed by atoms with van der Waals surface area (Å²) in [5.74, 6) is 0.347. The largest absolute Gasteiger partial charge is 0.363 e. The summed E-state index contributed by atoms with van der Waals surface area (Å²) in [7, 11) is 2.00. The molecule has 94 valence electrons. The van der Waals surface area contributed by atoms with E-state index >= 15 is 0 Å². The number of hydrogen-bond donors (Lipinski definition) is 1. The first-order valence-electron chi connectivity index (χ1n) is 5.59. The van der Waals surface area contributed by atoms with E-state index in [1.807, 2.05) is 14.0 Å². The molecule has 6 heteroatoms. The van der Waals surface area contributed by atoms with Crippen LogP contribution in [-0.4, -0.2) is 41.5 Å². The quantitative estimate of drug-likeness (QED) is 0.603. The summed E-state index contributed by atoms with van der Waals surface area (Å²) in [6, 6.07) is 3.12. The van der Waals surface area contributed by atoms with Gasteiger partial charge in [-0.2, -0.15) is 0 Å². The second-order valence-corrected chi connectivity index (χ2v) is 3.90. The van der Waals surface area contributed by atoms with E-state index in [2.05, 4.69) is 22.1 Å². The molecule has 0 amide bonds. The van der Waals surface area contributed by atoms with Crippen molar-refractivity contribution in [3.63, 3.8) is 0 Å². The first-order chi connectivity index (χ1) is 8.04. The molecule has 0 aliphatic heterocycles. The molecule has 0 spiro atoms. The molecule has 1 rings (SSSR count). The third kappa shape index (κ3) is 3.99. The lowest BCUT2D eigenvalue weighted by molar-refractivity contribution is -0.384. The fourth-order valence-electron chi connectivity index (χ4n) is 1.35. The average Bonchev–Trinajstić information content (AvgIpc) is 2.28. The van der Waals surface area contributed by atoms with Crippen molar-refractivity contribution in [3.05, 3.63) is 27.9 Å². The lowest BCUT2D eigenvalue weighted by Crippen LogP contribution is -2.25. The van der Waals surface area contributed by atoms with Crippen molar-refractivity contribution < 1.29 is 4.92 Å². The van der Waals surface area contributed by atoms with Gasteiger partial charge in [0, 0.05) is 24.8 Å². The molecule has 0 saturated heterocycles. The monoisotopic (exact) mass is 238 g/mol. The summed E-state index contributed by atoms with van der Waals surface area (Å²) < 4.78 is 0. The Kier molecular flexibility index (Phi) is 4.84. The highest BCUT2D eigenvalue weighted by Gasteiger charge is 2.14. The number of nitro groups is 1. The molecule has 0 fully saturated rings. The fourth-order valence-corrected chi connectivity index (χ4v) is 1.35. The lowest BCUT2D eigenvalue weighted by atomic mass is 10.3. The first-order valence-corrected chi connectivity index (χ1v) is 5.59. The van der Waals surface area contributed by atoms with Gasteiger partial charge in [0.25, 0.3) is 0 Å². The van der Waals surface area contributed by atoms with Gasteiger partial charge in [-0.15, -0.1) is 0 Å². The van der Waals surface area contributed by atoms with E-state index < -0.39 is 4.92 Å². The molecule has 0 radical (unpaired) electrons. The summed E-state index contributed by atoms with van der Waals surface area (Å²) >= 11 is 0. The molecule has 1 heterocycles. The standard InChI is InChI=1S/C11H18N4O2/c1-4-14(3)8-7-12-11-10(15(16)17)6-5-9(2)13-11/h5-6H,4,7-8H2,1-3H3,(H,12,13). The van der Waals surface area contributed by atoms with Crippen molar-refractivity contribution in [3.8, 4) is 0 Å². The Bertz CT molecular complexity index is 395. The molecule has 1 aromatic rings. The van der Waals surface area contributed by atoms with E-state index in [1.54, 1.807) is 6.07 Å². The van der Waals surface area contributed by atoms with Crippen molar-refractivity contribution >= 4 is 11.5 Å². The summed E-state index contributed by atoms with van der Waals surface area (Å²) in [6.07, 6.45) is 0. The summed E-state index contributed by atoms with van der Waals surface area (Å²) in [5, 5.41) is 13.8. The van der Waals surface area contributed by atoms with E-state index in [4.69, 9.17) is 0 Å². The van der Waals surface area contributed by atoms with E-state index in [0.29, 0.717) is 12.4 Å². The summed E-state index contributed by atoms with van der Waals surface area (Å²) in [5.41, 5.74) is 0.789. The molecular weight excluding hydrogens is 220 g/mol. The van der Waals surface area contributed by atoms with Crippen molar-refractivity contribution in [1.82, 2.24) is 9.88 Å². The number of anilines is 1. The predicted octanol–water partition coefficient (Wildman–Crippen LogP) is 1.66. The zero-order valence-electron chi connectivity index (χ0n) is 10.4. The van der Waals surface area contributed by atoms with Crippen LogP contribution in [0, 0.1) is 17.0 Å². The summed E-state index contributed by atoms with van der Waals surface area (Å²) in [6.45, 7) is 6.29. The fraction of sp³-hybridized carbons (Fsp3) is 0.545. The Labute approximate surface area is 101 Å². The Morgan fingerprint density at radius 2 is 2.24 bits per heavy atom. The predicted molar refractivity (Wildman–Crippen MR) is 67.3 cm³/mol. The second kappa shape index (κ2) is 6.15. The number of likely N-dealkylation sites (N-methyl/N-ethyl adjacent to an activating group) is 1. The van der Waals surface area contributed by atoms with Gasteiger partial charge in [0.1, 0.15) is 0 Å². The third-order valence-corrected chi connectivity index (χ3v) is 2.54. The number of aryl methyl sites for hydroxylation is 1. The highest BCUT2D eigenvalue weighted by molar-refractivity contribution is 5.56. The number of nitrogens with zero attached hydrogens (tertiary/aromatic N) is 3.